The predicted molar refractivity (Wildman–Crippen MR) is 68.2 cm³/mol. The number of hydrogen-bond acceptors (Lipinski definition) is 1. The van der Waals surface area contributed by atoms with Gasteiger partial charge in [-0.15, -0.1) is 0 Å². The molecule has 1 nitrogen and oxygen atoms in total. The van der Waals surface area contributed by atoms with Gasteiger partial charge in [0.05, 0.1) is 0 Å². The Hall–Kier alpha value is -0.300. The summed E-state index contributed by atoms with van der Waals surface area (Å²) in [6.45, 7) is 6.73. The van der Waals surface area contributed by atoms with Crippen LogP contribution in [-0.2, 0) is 0 Å². The van der Waals surface area contributed by atoms with Crippen LogP contribution in [-0.4, -0.2) is 24.0 Å². The van der Waals surface area contributed by atoms with E-state index in [2.05, 4.69) is 17.1 Å². The Kier molecular flexibility index (Phi) is 6.74. The van der Waals surface area contributed by atoms with Crippen LogP contribution in [0.15, 0.2) is 12.2 Å². The van der Waals surface area contributed by atoms with Crippen LogP contribution in [0.5, 0.6) is 0 Å². The molecule has 0 bridgehead atoms. The van der Waals surface area contributed by atoms with Crippen molar-refractivity contribution >= 4 is 0 Å². The van der Waals surface area contributed by atoms with E-state index in [-0.39, 0.29) is 0 Å². The second-order valence-electron chi connectivity index (χ2n) is 4.38. The zero-order chi connectivity index (χ0) is 10.9. The second-order valence-corrected chi connectivity index (χ2v) is 4.38. The van der Waals surface area contributed by atoms with Gasteiger partial charge in [-0.2, -0.15) is 0 Å². The molecule has 0 saturated carbocycles. The fraction of sp³-hybridized carbons (Fsp3) is 0.857. The lowest BCUT2D eigenvalue weighted by molar-refractivity contribution is 0.150. The molecule has 1 heterocycles. The fourth-order valence-electron chi connectivity index (χ4n) is 2.61. The molecule has 1 aliphatic carbocycles. The van der Waals surface area contributed by atoms with E-state index in [1.165, 1.54) is 58.0 Å². The Balaban J connectivity index is 0.000000531. The highest BCUT2D eigenvalue weighted by atomic mass is 15.2. The maximum atomic E-state index is 2.73. The maximum absolute atomic E-state index is 2.73. The van der Waals surface area contributed by atoms with E-state index in [0.29, 0.717) is 0 Å². The average molecular weight is 209 g/mol. The standard InChI is InChI=1S/C12H21N.C2H6/c1-2-5-9-12(8-4-1)13-10-6-3-7-11-13;1-2/h1-2,12H,3-11H2;1-2H3. The summed E-state index contributed by atoms with van der Waals surface area (Å²) in [4.78, 5) is 2.73. The van der Waals surface area contributed by atoms with Gasteiger partial charge in [0.1, 0.15) is 0 Å². The lowest BCUT2D eigenvalue weighted by atomic mass is 10.0. The Morgan fingerprint density at radius 1 is 0.867 bits per heavy atom. The van der Waals surface area contributed by atoms with Gasteiger partial charge in [-0.25, -0.2) is 0 Å². The van der Waals surface area contributed by atoms with Gasteiger partial charge in [-0.3, -0.25) is 0 Å². The van der Waals surface area contributed by atoms with Crippen molar-refractivity contribution in [3.63, 3.8) is 0 Å². The largest absolute Gasteiger partial charge is 0.300 e. The average Bonchev–Trinajstić information content (AvgIpc) is 2.61. The summed E-state index contributed by atoms with van der Waals surface area (Å²) in [5.41, 5.74) is 0. The maximum Gasteiger partial charge on any atom is 0.0101 e. The molecule has 2 rings (SSSR count). The summed E-state index contributed by atoms with van der Waals surface area (Å²) in [5.74, 6) is 0. The van der Waals surface area contributed by atoms with E-state index in [4.69, 9.17) is 0 Å². The summed E-state index contributed by atoms with van der Waals surface area (Å²) in [5, 5.41) is 0. The Bertz CT molecular complexity index is 158. The smallest absolute Gasteiger partial charge is 0.0101 e. The first-order chi connectivity index (χ1) is 7.47. The van der Waals surface area contributed by atoms with Crippen LogP contribution in [0.3, 0.4) is 0 Å². The summed E-state index contributed by atoms with van der Waals surface area (Å²) in [7, 11) is 0. The summed E-state index contributed by atoms with van der Waals surface area (Å²) in [6.07, 6.45) is 14.5. The van der Waals surface area contributed by atoms with Gasteiger partial charge in [0, 0.05) is 6.04 Å². The Morgan fingerprint density at radius 3 is 1.93 bits per heavy atom. The van der Waals surface area contributed by atoms with Gasteiger partial charge in [0.2, 0.25) is 0 Å². The number of hydrogen-bond donors (Lipinski definition) is 0. The molecule has 0 atom stereocenters. The molecule has 0 unspecified atom stereocenters. The van der Waals surface area contributed by atoms with E-state index < -0.39 is 0 Å². The van der Waals surface area contributed by atoms with Crippen LogP contribution < -0.4 is 0 Å². The highest BCUT2D eigenvalue weighted by Crippen LogP contribution is 2.21. The molecule has 0 N–H and O–H groups in total. The van der Waals surface area contributed by atoms with E-state index in [0.717, 1.165) is 6.04 Å². The zero-order valence-electron chi connectivity index (χ0n) is 10.5. The van der Waals surface area contributed by atoms with Crippen molar-refractivity contribution in [3.8, 4) is 0 Å². The van der Waals surface area contributed by atoms with Crippen LogP contribution in [0, 0.1) is 0 Å². The molecule has 1 heteroatoms. The molecule has 0 aromatic carbocycles. The lowest BCUT2D eigenvalue weighted by Crippen LogP contribution is -2.38. The molecule has 1 saturated heterocycles. The Labute approximate surface area is 95.5 Å². The van der Waals surface area contributed by atoms with Gasteiger partial charge in [-0.1, -0.05) is 32.4 Å². The summed E-state index contributed by atoms with van der Waals surface area (Å²) in [6, 6.07) is 0.898. The van der Waals surface area contributed by atoms with Crippen molar-refractivity contribution in [3.05, 3.63) is 12.2 Å². The van der Waals surface area contributed by atoms with Gasteiger partial charge in [-0.05, 0) is 51.6 Å². The SMILES string of the molecule is C1=CCCC(N2CCCCC2)CC1.CC. The number of rotatable bonds is 1. The first-order valence-corrected chi connectivity index (χ1v) is 6.86. The van der Waals surface area contributed by atoms with Crippen molar-refractivity contribution in [2.24, 2.45) is 0 Å². The number of piperidine rings is 1. The monoisotopic (exact) mass is 209 g/mol. The first-order valence-electron chi connectivity index (χ1n) is 6.86. The molecule has 1 fully saturated rings. The van der Waals surface area contributed by atoms with Crippen LogP contribution in [0.1, 0.15) is 58.8 Å². The molecular formula is C14H27N. The molecule has 0 aromatic rings. The van der Waals surface area contributed by atoms with Gasteiger partial charge >= 0.3 is 0 Å². The lowest BCUT2D eigenvalue weighted by Gasteiger charge is -2.34. The predicted octanol–water partition coefficient (Wildman–Crippen LogP) is 4.00. The minimum absolute atomic E-state index is 0.898. The molecule has 15 heavy (non-hydrogen) atoms. The normalized spacial score (nSPS) is 24.1. The molecule has 0 amide bonds. The summed E-state index contributed by atoms with van der Waals surface area (Å²) < 4.78 is 0. The number of likely N-dealkylation sites (tertiary alicyclic amines) is 1. The van der Waals surface area contributed by atoms with Crippen molar-refractivity contribution in [2.75, 3.05) is 13.1 Å². The Morgan fingerprint density at radius 2 is 1.40 bits per heavy atom. The molecule has 0 spiro atoms. The fourth-order valence-corrected chi connectivity index (χ4v) is 2.61. The third kappa shape index (κ3) is 4.38. The highest BCUT2D eigenvalue weighted by Gasteiger charge is 2.19. The van der Waals surface area contributed by atoms with Crippen LogP contribution in [0.25, 0.3) is 0 Å². The third-order valence-corrected chi connectivity index (χ3v) is 3.41. The molecule has 2 aliphatic rings. The van der Waals surface area contributed by atoms with E-state index in [9.17, 15) is 0 Å². The molecule has 88 valence electrons. The zero-order valence-corrected chi connectivity index (χ0v) is 10.5. The quantitative estimate of drug-likeness (QED) is 0.590. The number of nitrogens with zero attached hydrogens (tertiary/aromatic N) is 1. The minimum atomic E-state index is 0.898. The molecular weight excluding hydrogens is 182 g/mol. The van der Waals surface area contributed by atoms with E-state index in [1.54, 1.807) is 0 Å². The van der Waals surface area contributed by atoms with Crippen LogP contribution >= 0.6 is 0 Å². The van der Waals surface area contributed by atoms with E-state index in [1.807, 2.05) is 13.8 Å². The van der Waals surface area contributed by atoms with Gasteiger partial charge in [0.25, 0.3) is 0 Å². The molecule has 0 aromatic heterocycles. The highest BCUT2D eigenvalue weighted by molar-refractivity contribution is 4.90. The van der Waals surface area contributed by atoms with Crippen LogP contribution in [0.2, 0.25) is 0 Å². The summed E-state index contributed by atoms with van der Waals surface area (Å²) >= 11 is 0. The third-order valence-electron chi connectivity index (χ3n) is 3.41. The van der Waals surface area contributed by atoms with Gasteiger partial charge < -0.3 is 4.90 Å². The van der Waals surface area contributed by atoms with Crippen molar-refractivity contribution < 1.29 is 0 Å². The van der Waals surface area contributed by atoms with E-state index >= 15 is 0 Å². The topological polar surface area (TPSA) is 3.24 Å². The molecule has 0 radical (unpaired) electrons. The van der Waals surface area contributed by atoms with Crippen molar-refractivity contribution in [1.82, 2.24) is 4.90 Å². The number of allylic oxidation sites excluding steroid dienone is 2. The second kappa shape index (κ2) is 7.92. The molecule has 1 aliphatic heterocycles. The minimum Gasteiger partial charge on any atom is -0.300 e. The van der Waals surface area contributed by atoms with Gasteiger partial charge in [0.15, 0.2) is 0 Å². The van der Waals surface area contributed by atoms with Crippen molar-refractivity contribution in [2.45, 2.75) is 64.8 Å². The van der Waals surface area contributed by atoms with Crippen molar-refractivity contribution in [1.29, 1.82) is 0 Å². The first kappa shape index (κ1) is 12.8. The van der Waals surface area contributed by atoms with Crippen LogP contribution in [0.4, 0.5) is 0 Å².